The van der Waals surface area contributed by atoms with Crippen molar-refractivity contribution in [3.8, 4) is 5.75 Å². The van der Waals surface area contributed by atoms with Crippen molar-refractivity contribution < 1.29 is 19.4 Å². The van der Waals surface area contributed by atoms with Gasteiger partial charge in [0.2, 0.25) is 5.91 Å². The van der Waals surface area contributed by atoms with Gasteiger partial charge in [0.1, 0.15) is 11.8 Å². The number of rotatable bonds is 10. The zero-order chi connectivity index (χ0) is 23.8. The number of ether oxygens (including phenoxy) is 1. The lowest BCUT2D eigenvalue weighted by Crippen LogP contribution is -2.32. The first-order chi connectivity index (χ1) is 16.0. The van der Waals surface area contributed by atoms with Crippen LogP contribution in [0.1, 0.15) is 29.1 Å². The zero-order valence-electron chi connectivity index (χ0n) is 18.1. The molecule has 0 fully saturated rings. The summed E-state index contributed by atoms with van der Waals surface area (Å²) in [5, 5.41) is 24.7. The number of amides is 2. The van der Waals surface area contributed by atoms with Gasteiger partial charge in [-0.1, -0.05) is 35.5 Å². The lowest BCUT2D eigenvalue weighted by molar-refractivity contribution is -0.113. The molecule has 0 spiro atoms. The maximum atomic E-state index is 12.6. The topological polar surface area (TPSA) is 118 Å². The van der Waals surface area contributed by atoms with Gasteiger partial charge in [0.25, 0.3) is 5.91 Å². The Balaban J connectivity index is 1.66. The molecule has 0 aliphatic rings. The molecule has 0 saturated heterocycles. The minimum atomic E-state index is -0.765. The number of nitrogens with zero attached hydrogens (tertiary/aromatic N) is 3. The summed E-state index contributed by atoms with van der Waals surface area (Å²) in [5.74, 6) is 0.514. The summed E-state index contributed by atoms with van der Waals surface area (Å²) in [6.45, 7) is 2.02. The fourth-order valence-corrected chi connectivity index (χ4v) is 4.01. The molecule has 9 nitrogen and oxygen atoms in total. The molecule has 0 radical (unpaired) electrons. The molecular weight excluding hydrogens is 466 g/mol. The highest BCUT2D eigenvalue weighted by Gasteiger charge is 2.23. The van der Waals surface area contributed by atoms with Crippen molar-refractivity contribution in [1.29, 1.82) is 0 Å². The summed E-state index contributed by atoms with van der Waals surface area (Å²) in [5.41, 5.74) is 0.951. The fourth-order valence-electron chi connectivity index (χ4n) is 3.02. The maximum absolute atomic E-state index is 12.6. The molecule has 3 rings (SSSR count). The summed E-state index contributed by atoms with van der Waals surface area (Å²) in [4.78, 5) is 24.9. The first-order valence-corrected chi connectivity index (χ1v) is 11.5. The second kappa shape index (κ2) is 11.7. The molecule has 2 amide bonds. The predicted octanol–water partition coefficient (Wildman–Crippen LogP) is 3.15. The molecule has 33 heavy (non-hydrogen) atoms. The molecule has 1 atom stereocenters. The predicted molar refractivity (Wildman–Crippen MR) is 127 cm³/mol. The number of aliphatic hydroxyl groups is 1. The summed E-state index contributed by atoms with van der Waals surface area (Å²) >= 11 is 7.27. The minimum absolute atomic E-state index is 0.0886. The highest BCUT2D eigenvalue weighted by Crippen LogP contribution is 2.23. The first-order valence-electron chi connectivity index (χ1n) is 10.1. The third kappa shape index (κ3) is 6.25. The lowest BCUT2D eigenvalue weighted by Gasteiger charge is -2.17. The number of hydrogen-bond donors (Lipinski definition) is 3. The van der Waals surface area contributed by atoms with Crippen molar-refractivity contribution >= 4 is 40.9 Å². The molecule has 1 unspecified atom stereocenters. The number of carbonyl (C=O) groups is 2. The largest absolute Gasteiger partial charge is 0.497 e. The number of para-hydroxylation sites is 1. The van der Waals surface area contributed by atoms with Crippen molar-refractivity contribution in [1.82, 2.24) is 20.1 Å². The normalized spacial score (nSPS) is 11.6. The molecule has 1 aromatic heterocycles. The number of anilines is 1. The van der Waals surface area contributed by atoms with E-state index in [9.17, 15) is 14.7 Å². The molecule has 2 aromatic carbocycles. The quantitative estimate of drug-likeness (QED) is 0.374. The molecule has 0 saturated carbocycles. The molecular formula is C22H24ClN5O4S. The van der Waals surface area contributed by atoms with E-state index in [0.29, 0.717) is 39.5 Å². The number of benzene rings is 2. The lowest BCUT2D eigenvalue weighted by atomic mass is 10.2. The number of nitrogens with one attached hydrogen (secondary N) is 2. The van der Waals surface area contributed by atoms with Crippen LogP contribution >= 0.6 is 23.4 Å². The Bertz CT molecular complexity index is 1110. The molecule has 0 aliphatic heterocycles. The van der Waals surface area contributed by atoms with E-state index in [1.165, 1.54) is 11.8 Å². The van der Waals surface area contributed by atoms with Gasteiger partial charge in [0.15, 0.2) is 11.0 Å². The SMILES string of the molecule is CCn1c(SCC(=O)Nc2ccccc2Cl)nnc1C(CO)NC(=O)c1ccc(OC)cc1. The number of thioether (sulfide) groups is 1. The average Bonchev–Trinajstić information content (AvgIpc) is 3.25. The highest BCUT2D eigenvalue weighted by molar-refractivity contribution is 7.99. The van der Waals surface area contributed by atoms with Crippen molar-refractivity contribution in [2.75, 3.05) is 24.8 Å². The minimum Gasteiger partial charge on any atom is -0.497 e. The van der Waals surface area contributed by atoms with Crippen molar-refractivity contribution in [2.45, 2.75) is 24.7 Å². The van der Waals surface area contributed by atoms with E-state index in [0.717, 1.165) is 0 Å². The summed E-state index contributed by atoms with van der Waals surface area (Å²) in [6.07, 6.45) is 0. The average molecular weight is 490 g/mol. The van der Waals surface area contributed by atoms with Gasteiger partial charge in [-0.05, 0) is 43.3 Å². The number of halogens is 1. The van der Waals surface area contributed by atoms with Gasteiger partial charge in [-0.15, -0.1) is 10.2 Å². The van der Waals surface area contributed by atoms with Crippen LogP contribution in [0.5, 0.6) is 5.75 Å². The Kier molecular flexibility index (Phi) is 8.70. The third-order valence-electron chi connectivity index (χ3n) is 4.69. The Morgan fingerprint density at radius 3 is 2.55 bits per heavy atom. The summed E-state index contributed by atoms with van der Waals surface area (Å²) in [6, 6.07) is 12.8. The van der Waals surface area contributed by atoms with Crippen LogP contribution in [0.3, 0.4) is 0 Å². The molecule has 0 aliphatic carbocycles. The fraction of sp³-hybridized carbons (Fsp3) is 0.273. The monoisotopic (exact) mass is 489 g/mol. The van der Waals surface area contributed by atoms with Gasteiger partial charge in [0, 0.05) is 12.1 Å². The van der Waals surface area contributed by atoms with Gasteiger partial charge in [0.05, 0.1) is 30.2 Å². The zero-order valence-corrected chi connectivity index (χ0v) is 19.7. The number of carbonyl (C=O) groups excluding carboxylic acids is 2. The summed E-state index contributed by atoms with van der Waals surface area (Å²) < 4.78 is 6.85. The van der Waals surface area contributed by atoms with E-state index in [1.807, 2.05) is 6.92 Å². The van der Waals surface area contributed by atoms with Crippen molar-refractivity contribution in [3.63, 3.8) is 0 Å². The van der Waals surface area contributed by atoms with E-state index >= 15 is 0 Å². The Labute approximate surface area is 200 Å². The Morgan fingerprint density at radius 2 is 1.91 bits per heavy atom. The molecule has 174 valence electrons. The van der Waals surface area contributed by atoms with E-state index < -0.39 is 6.04 Å². The molecule has 3 aromatic rings. The van der Waals surface area contributed by atoms with Crippen LogP contribution in [-0.4, -0.2) is 51.2 Å². The smallest absolute Gasteiger partial charge is 0.251 e. The number of methoxy groups -OCH3 is 1. The van der Waals surface area contributed by atoms with Gasteiger partial charge in [-0.25, -0.2) is 0 Å². The van der Waals surface area contributed by atoms with Gasteiger partial charge in [-0.3, -0.25) is 9.59 Å². The van der Waals surface area contributed by atoms with Crippen molar-refractivity contribution in [2.24, 2.45) is 0 Å². The van der Waals surface area contributed by atoms with Crippen LogP contribution in [0.15, 0.2) is 53.7 Å². The second-order valence-electron chi connectivity index (χ2n) is 6.84. The molecule has 3 N–H and O–H groups in total. The number of hydrogen-bond acceptors (Lipinski definition) is 7. The molecule has 1 heterocycles. The van der Waals surface area contributed by atoms with Gasteiger partial charge < -0.3 is 25.0 Å². The Morgan fingerprint density at radius 1 is 1.18 bits per heavy atom. The molecule has 0 bridgehead atoms. The maximum Gasteiger partial charge on any atom is 0.251 e. The first kappa shape index (κ1) is 24.6. The van der Waals surface area contributed by atoms with E-state index in [2.05, 4.69) is 20.8 Å². The standard InChI is InChI=1S/C22H24ClN5O4S/c1-3-28-20(18(12-29)25-21(31)14-8-10-15(32-2)11-9-14)26-27-22(28)33-13-19(30)24-17-7-5-4-6-16(17)23/h4-11,18,29H,3,12-13H2,1-2H3,(H,24,30)(H,25,31). The molecule has 11 heteroatoms. The van der Waals surface area contributed by atoms with Crippen molar-refractivity contribution in [3.05, 3.63) is 64.9 Å². The van der Waals surface area contributed by atoms with Crippen LogP contribution in [0.4, 0.5) is 5.69 Å². The van der Waals surface area contributed by atoms with E-state index in [4.69, 9.17) is 16.3 Å². The van der Waals surface area contributed by atoms with Gasteiger partial charge in [-0.2, -0.15) is 0 Å². The van der Waals surface area contributed by atoms with Gasteiger partial charge >= 0.3 is 0 Å². The number of aliphatic hydroxyl groups excluding tert-OH is 1. The van der Waals surface area contributed by atoms with Crippen LogP contribution in [-0.2, 0) is 11.3 Å². The van der Waals surface area contributed by atoms with E-state index in [1.54, 1.807) is 60.2 Å². The summed E-state index contributed by atoms with van der Waals surface area (Å²) in [7, 11) is 1.55. The third-order valence-corrected chi connectivity index (χ3v) is 5.99. The second-order valence-corrected chi connectivity index (χ2v) is 8.19. The van der Waals surface area contributed by atoms with Crippen LogP contribution in [0.2, 0.25) is 5.02 Å². The van der Waals surface area contributed by atoms with Crippen LogP contribution in [0, 0.1) is 0 Å². The highest BCUT2D eigenvalue weighted by atomic mass is 35.5. The van der Waals surface area contributed by atoms with Crippen LogP contribution < -0.4 is 15.4 Å². The Hall–Kier alpha value is -3.08. The van der Waals surface area contributed by atoms with E-state index in [-0.39, 0.29) is 24.2 Å². The van der Waals surface area contributed by atoms with Crippen LogP contribution in [0.25, 0.3) is 0 Å². The number of aromatic nitrogens is 3.